The van der Waals surface area contributed by atoms with Gasteiger partial charge >= 0.3 is 0 Å². The second kappa shape index (κ2) is 7.27. The van der Waals surface area contributed by atoms with Gasteiger partial charge in [-0.05, 0) is 37.7 Å². The van der Waals surface area contributed by atoms with Gasteiger partial charge in [-0.25, -0.2) is 0 Å². The Morgan fingerprint density at radius 2 is 2.06 bits per heavy atom. The van der Waals surface area contributed by atoms with Crippen LogP contribution in [0.2, 0.25) is 0 Å². The van der Waals surface area contributed by atoms with E-state index in [9.17, 15) is 0 Å². The second-order valence-corrected chi connectivity index (χ2v) is 5.17. The Kier molecular flexibility index (Phi) is 5.99. The van der Waals surface area contributed by atoms with Crippen LogP contribution < -0.4 is 10.1 Å². The zero-order valence-corrected chi connectivity index (χ0v) is 12.3. The summed E-state index contributed by atoms with van der Waals surface area (Å²) in [5.74, 6) is 1.59. The Labute approximate surface area is 111 Å². The normalized spacial score (nSPS) is 12.6. The molecule has 1 N–H and O–H groups in total. The average Bonchev–Trinajstić information content (AvgIpc) is 2.35. The minimum Gasteiger partial charge on any atom is -0.495 e. The molecule has 0 fully saturated rings. The largest absolute Gasteiger partial charge is 0.495 e. The summed E-state index contributed by atoms with van der Waals surface area (Å²) >= 11 is 0. The Balaban J connectivity index is 2.78. The number of ether oxygens (including phenoxy) is 1. The fourth-order valence-electron chi connectivity index (χ4n) is 1.79. The third-order valence-corrected chi connectivity index (χ3v) is 3.10. The molecule has 3 nitrogen and oxygen atoms in total. The van der Waals surface area contributed by atoms with Crippen molar-refractivity contribution in [1.29, 1.82) is 0 Å². The molecular formula is C15H26N2O. The van der Waals surface area contributed by atoms with Crippen LogP contribution in [-0.4, -0.2) is 32.6 Å². The summed E-state index contributed by atoms with van der Waals surface area (Å²) in [7, 11) is 5.88. The maximum Gasteiger partial charge on any atom is 0.141 e. The van der Waals surface area contributed by atoms with Crippen LogP contribution >= 0.6 is 0 Å². The third kappa shape index (κ3) is 4.57. The highest BCUT2D eigenvalue weighted by atomic mass is 16.5. The van der Waals surface area contributed by atoms with E-state index in [0.717, 1.165) is 24.5 Å². The van der Waals surface area contributed by atoms with E-state index in [4.69, 9.17) is 4.74 Å². The van der Waals surface area contributed by atoms with Crippen molar-refractivity contribution in [2.45, 2.75) is 26.8 Å². The van der Waals surface area contributed by atoms with Crippen molar-refractivity contribution in [2.24, 2.45) is 5.92 Å². The van der Waals surface area contributed by atoms with Crippen molar-refractivity contribution in [3.8, 4) is 5.75 Å². The molecule has 0 aromatic heterocycles. The summed E-state index contributed by atoms with van der Waals surface area (Å²) in [5.41, 5.74) is 2.39. The molecule has 0 aliphatic heterocycles. The average molecular weight is 250 g/mol. The van der Waals surface area contributed by atoms with Crippen molar-refractivity contribution in [3.05, 3.63) is 23.8 Å². The molecule has 0 radical (unpaired) electrons. The molecule has 1 atom stereocenters. The van der Waals surface area contributed by atoms with Gasteiger partial charge in [-0.1, -0.05) is 26.3 Å². The number of nitrogens with zero attached hydrogens (tertiary/aromatic N) is 1. The van der Waals surface area contributed by atoms with Crippen molar-refractivity contribution in [2.75, 3.05) is 33.1 Å². The van der Waals surface area contributed by atoms with Gasteiger partial charge < -0.3 is 15.0 Å². The van der Waals surface area contributed by atoms with Gasteiger partial charge in [0, 0.05) is 13.1 Å². The molecule has 0 aliphatic carbocycles. The molecule has 0 saturated carbocycles. The number of nitrogens with one attached hydrogen (secondary N) is 1. The molecule has 1 unspecified atom stereocenters. The van der Waals surface area contributed by atoms with E-state index in [0.29, 0.717) is 5.92 Å². The lowest BCUT2D eigenvalue weighted by molar-refractivity contribution is 0.400. The summed E-state index contributed by atoms with van der Waals surface area (Å²) in [6.45, 7) is 6.40. The van der Waals surface area contributed by atoms with E-state index in [1.807, 2.05) is 6.07 Å². The monoisotopic (exact) mass is 250 g/mol. The van der Waals surface area contributed by atoms with Crippen molar-refractivity contribution >= 4 is 5.69 Å². The quantitative estimate of drug-likeness (QED) is 0.804. The summed E-state index contributed by atoms with van der Waals surface area (Å²) in [6, 6.07) is 6.34. The van der Waals surface area contributed by atoms with Gasteiger partial charge in [0.25, 0.3) is 0 Å². The number of hydrogen-bond acceptors (Lipinski definition) is 3. The highest BCUT2D eigenvalue weighted by Crippen LogP contribution is 2.26. The highest BCUT2D eigenvalue weighted by molar-refractivity contribution is 5.58. The Morgan fingerprint density at radius 3 is 2.61 bits per heavy atom. The zero-order valence-electron chi connectivity index (χ0n) is 12.3. The van der Waals surface area contributed by atoms with E-state index < -0.39 is 0 Å². The van der Waals surface area contributed by atoms with Crippen molar-refractivity contribution in [1.82, 2.24) is 4.90 Å². The smallest absolute Gasteiger partial charge is 0.141 e. The van der Waals surface area contributed by atoms with Crippen LogP contribution in [0, 0.1) is 5.92 Å². The van der Waals surface area contributed by atoms with Crippen LogP contribution in [0.25, 0.3) is 0 Å². The van der Waals surface area contributed by atoms with Gasteiger partial charge in [0.15, 0.2) is 0 Å². The number of rotatable bonds is 7. The van der Waals surface area contributed by atoms with Crippen LogP contribution in [0.15, 0.2) is 18.2 Å². The fourth-order valence-corrected chi connectivity index (χ4v) is 1.79. The van der Waals surface area contributed by atoms with Gasteiger partial charge in [-0.2, -0.15) is 0 Å². The third-order valence-electron chi connectivity index (χ3n) is 3.10. The maximum absolute atomic E-state index is 5.40. The Hall–Kier alpha value is -1.22. The molecule has 0 aliphatic rings. The van der Waals surface area contributed by atoms with E-state index in [1.165, 1.54) is 12.0 Å². The van der Waals surface area contributed by atoms with Gasteiger partial charge in [-0.3, -0.25) is 0 Å². The van der Waals surface area contributed by atoms with E-state index in [2.05, 4.69) is 50.3 Å². The van der Waals surface area contributed by atoms with Crippen molar-refractivity contribution in [3.63, 3.8) is 0 Å². The highest BCUT2D eigenvalue weighted by Gasteiger charge is 2.06. The summed E-state index contributed by atoms with van der Waals surface area (Å²) in [6.07, 6.45) is 1.19. The fraction of sp³-hybridized carbons (Fsp3) is 0.600. The van der Waals surface area contributed by atoms with Crippen LogP contribution in [0.4, 0.5) is 5.69 Å². The first-order valence-corrected chi connectivity index (χ1v) is 6.62. The van der Waals surface area contributed by atoms with E-state index >= 15 is 0 Å². The molecule has 3 heteroatoms. The number of methoxy groups -OCH3 is 1. The van der Waals surface area contributed by atoms with Crippen LogP contribution in [0.1, 0.15) is 25.8 Å². The van der Waals surface area contributed by atoms with Crippen LogP contribution in [-0.2, 0) is 6.54 Å². The first-order valence-electron chi connectivity index (χ1n) is 6.62. The maximum atomic E-state index is 5.40. The Bertz CT molecular complexity index is 364. The predicted molar refractivity (Wildman–Crippen MR) is 78.3 cm³/mol. The summed E-state index contributed by atoms with van der Waals surface area (Å²) in [4.78, 5) is 2.17. The molecule has 0 bridgehead atoms. The van der Waals surface area contributed by atoms with Crippen LogP contribution in [0.5, 0.6) is 5.75 Å². The summed E-state index contributed by atoms with van der Waals surface area (Å²) < 4.78 is 5.40. The SMILES string of the molecule is CCC(C)CNc1cc(CN(C)C)ccc1OC. The Morgan fingerprint density at radius 1 is 1.33 bits per heavy atom. The van der Waals surface area contributed by atoms with E-state index in [-0.39, 0.29) is 0 Å². The lowest BCUT2D eigenvalue weighted by atomic mass is 10.1. The van der Waals surface area contributed by atoms with E-state index in [1.54, 1.807) is 7.11 Å². The van der Waals surface area contributed by atoms with Gasteiger partial charge in [-0.15, -0.1) is 0 Å². The summed E-state index contributed by atoms with van der Waals surface area (Å²) in [5, 5.41) is 3.48. The molecule has 0 heterocycles. The minimum absolute atomic E-state index is 0.673. The zero-order chi connectivity index (χ0) is 13.5. The molecule has 1 aromatic rings. The number of benzene rings is 1. The molecular weight excluding hydrogens is 224 g/mol. The molecule has 0 amide bonds. The standard InChI is InChI=1S/C15H26N2O/c1-6-12(2)10-16-14-9-13(11-17(3)4)7-8-15(14)18-5/h7-9,12,16H,6,10-11H2,1-5H3. The van der Waals surface area contributed by atoms with Gasteiger partial charge in [0.05, 0.1) is 12.8 Å². The molecule has 0 spiro atoms. The van der Waals surface area contributed by atoms with Crippen molar-refractivity contribution < 1.29 is 4.74 Å². The lowest BCUT2D eigenvalue weighted by Crippen LogP contribution is -2.13. The first kappa shape index (κ1) is 14.8. The first-order chi connectivity index (χ1) is 8.56. The topological polar surface area (TPSA) is 24.5 Å². The van der Waals surface area contributed by atoms with Crippen LogP contribution in [0.3, 0.4) is 0 Å². The number of hydrogen-bond donors (Lipinski definition) is 1. The van der Waals surface area contributed by atoms with Gasteiger partial charge in [0.1, 0.15) is 5.75 Å². The lowest BCUT2D eigenvalue weighted by Gasteiger charge is -2.17. The number of anilines is 1. The molecule has 102 valence electrons. The second-order valence-electron chi connectivity index (χ2n) is 5.17. The van der Waals surface area contributed by atoms with Gasteiger partial charge in [0.2, 0.25) is 0 Å². The molecule has 1 aromatic carbocycles. The predicted octanol–water partition coefficient (Wildman–Crippen LogP) is 3.21. The molecule has 18 heavy (non-hydrogen) atoms. The molecule has 0 saturated heterocycles. The minimum atomic E-state index is 0.673. The molecule has 1 rings (SSSR count).